The molecule has 0 spiro atoms. The molecule has 2 aromatic heterocycles. The molecule has 7 heteroatoms. The highest BCUT2D eigenvalue weighted by atomic mass is 32.1. The van der Waals surface area contributed by atoms with Crippen molar-refractivity contribution in [2.24, 2.45) is 0 Å². The van der Waals surface area contributed by atoms with E-state index in [9.17, 15) is 9.59 Å². The predicted molar refractivity (Wildman–Crippen MR) is 88.6 cm³/mol. The quantitative estimate of drug-likeness (QED) is 0.799. The van der Waals surface area contributed by atoms with E-state index in [0.29, 0.717) is 5.58 Å². The number of nitrogens with zero attached hydrogens (tertiary/aromatic N) is 1. The van der Waals surface area contributed by atoms with Gasteiger partial charge in [-0.1, -0.05) is 0 Å². The molecule has 1 aliphatic rings. The molecule has 0 bridgehead atoms. The minimum Gasteiger partial charge on any atom is -0.465 e. The van der Waals surface area contributed by atoms with E-state index in [2.05, 4.69) is 9.64 Å². The molecule has 3 rings (SSSR count). The average molecular weight is 337 g/mol. The molecule has 0 aromatic carbocycles. The van der Waals surface area contributed by atoms with Crippen LogP contribution in [0.2, 0.25) is 0 Å². The van der Waals surface area contributed by atoms with Crippen molar-refractivity contribution in [3.63, 3.8) is 0 Å². The fourth-order valence-electron chi connectivity index (χ4n) is 2.69. The van der Waals surface area contributed by atoms with Crippen LogP contribution in [0.3, 0.4) is 0 Å². The highest BCUT2D eigenvalue weighted by molar-refractivity contribution is 7.22. The number of anilines is 1. The normalized spacial score (nSPS) is 18.1. The van der Waals surface area contributed by atoms with E-state index in [1.165, 1.54) is 30.9 Å². The summed E-state index contributed by atoms with van der Waals surface area (Å²) in [5, 5.41) is 0.972. The predicted octanol–water partition coefficient (Wildman–Crippen LogP) is 2.65. The number of hydrogen-bond acceptors (Lipinski definition) is 7. The van der Waals surface area contributed by atoms with Gasteiger partial charge in [-0.3, -0.25) is 0 Å². The molecule has 0 radical (unpaired) electrons. The Labute approximate surface area is 137 Å². The second-order valence-corrected chi connectivity index (χ2v) is 6.68. The van der Waals surface area contributed by atoms with E-state index < -0.39 is 11.6 Å². The van der Waals surface area contributed by atoms with Crippen molar-refractivity contribution in [1.82, 2.24) is 0 Å². The number of methoxy groups -OCH3 is 1. The summed E-state index contributed by atoms with van der Waals surface area (Å²) in [6.07, 6.45) is 3.63. The summed E-state index contributed by atoms with van der Waals surface area (Å²) < 4.78 is 16.3. The van der Waals surface area contributed by atoms with Gasteiger partial charge >= 0.3 is 11.6 Å². The van der Waals surface area contributed by atoms with Gasteiger partial charge < -0.3 is 18.8 Å². The summed E-state index contributed by atoms with van der Waals surface area (Å²) in [4.78, 5) is 25.5. The Balaban J connectivity index is 1.84. The number of likely N-dealkylation sites (N-methyl/N-ethyl adjacent to an activating group) is 1. The zero-order valence-electron chi connectivity index (χ0n) is 13.2. The molecule has 0 amide bonds. The van der Waals surface area contributed by atoms with Gasteiger partial charge in [0.15, 0.2) is 5.58 Å². The number of hydrogen-bond donors (Lipinski definition) is 0. The maximum absolute atomic E-state index is 11.8. The van der Waals surface area contributed by atoms with Crippen LogP contribution in [0, 0.1) is 0 Å². The molecule has 1 saturated heterocycles. The third kappa shape index (κ3) is 3.40. The maximum atomic E-state index is 11.8. The summed E-state index contributed by atoms with van der Waals surface area (Å²) in [7, 11) is 3.23. The van der Waals surface area contributed by atoms with Crippen molar-refractivity contribution in [3.8, 4) is 0 Å². The summed E-state index contributed by atoms with van der Waals surface area (Å²) in [5.41, 5.74) is -0.266. The van der Waals surface area contributed by atoms with E-state index >= 15 is 0 Å². The highest BCUT2D eigenvalue weighted by Crippen LogP contribution is 2.32. The van der Waals surface area contributed by atoms with Crippen molar-refractivity contribution in [2.45, 2.75) is 25.4 Å². The third-order valence-corrected chi connectivity index (χ3v) is 5.12. The van der Waals surface area contributed by atoms with Crippen LogP contribution in [0.25, 0.3) is 10.3 Å². The van der Waals surface area contributed by atoms with Gasteiger partial charge in [0.25, 0.3) is 0 Å². The zero-order valence-corrected chi connectivity index (χ0v) is 14.0. The minimum absolute atomic E-state index is 0.0772. The Morgan fingerprint density at radius 2 is 2.26 bits per heavy atom. The second-order valence-electron chi connectivity index (χ2n) is 5.62. The van der Waals surface area contributed by atoms with E-state index in [1.807, 2.05) is 13.1 Å². The molecule has 6 nitrogen and oxygen atoms in total. The SMILES string of the molecule is COC(=O)c1cc2sc(N(C)CC3CCCCO3)cc2oc1=O. The Kier molecular flexibility index (Phi) is 4.68. The van der Waals surface area contributed by atoms with Gasteiger partial charge in [-0.25, -0.2) is 9.59 Å². The van der Waals surface area contributed by atoms with Crippen molar-refractivity contribution in [2.75, 3.05) is 32.2 Å². The number of carbonyl (C=O) groups excluding carboxylic acids is 1. The zero-order chi connectivity index (χ0) is 16.4. The standard InChI is InChI=1S/C16H19NO5S/c1-17(9-10-5-3-4-6-21-10)14-8-12-13(23-14)7-11(15(18)20-2)16(19)22-12/h7-8,10H,3-6,9H2,1-2H3. The van der Waals surface area contributed by atoms with E-state index in [0.717, 1.165) is 35.7 Å². The number of esters is 1. The number of fused-ring (bicyclic) bond motifs is 1. The third-order valence-electron chi connectivity index (χ3n) is 3.94. The number of thiophene rings is 1. The molecule has 0 aliphatic carbocycles. The Morgan fingerprint density at radius 3 is 2.96 bits per heavy atom. The molecule has 1 unspecified atom stereocenters. The Hall–Kier alpha value is -1.86. The van der Waals surface area contributed by atoms with Crippen molar-refractivity contribution in [3.05, 3.63) is 28.1 Å². The molecular formula is C16H19NO5S. The van der Waals surface area contributed by atoms with Gasteiger partial charge in [-0.2, -0.15) is 0 Å². The van der Waals surface area contributed by atoms with Gasteiger partial charge in [-0.05, 0) is 25.3 Å². The average Bonchev–Trinajstić information content (AvgIpc) is 2.97. The minimum atomic E-state index is -0.681. The second kappa shape index (κ2) is 6.72. The molecule has 1 atom stereocenters. The molecule has 3 heterocycles. The summed E-state index contributed by atoms with van der Waals surface area (Å²) in [6, 6.07) is 3.36. The molecule has 0 N–H and O–H groups in total. The van der Waals surface area contributed by atoms with Crippen LogP contribution in [0.1, 0.15) is 29.6 Å². The smallest absolute Gasteiger partial charge is 0.351 e. The van der Waals surface area contributed by atoms with Crippen molar-refractivity contribution >= 4 is 32.6 Å². The van der Waals surface area contributed by atoms with E-state index in [-0.39, 0.29) is 11.7 Å². The Bertz CT molecular complexity index is 759. The van der Waals surface area contributed by atoms with Gasteiger partial charge in [0.05, 0.1) is 22.9 Å². The van der Waals surface area contributed by atoms with Crippen LogP contribution >= 0.6 is 11.3 Å². The van der Waals surface area contributed by atoms with Gasteiger partial charge in [0.2, 0.25) is 0 Å². The lowest BCUT2D eigenvalue weighted by molar-refractivity contribution is 0.0217. The van der Waals surface area contributed by atoms with Gasteiger partial charge in [0, 0.05) is 26.3 Å². The first-order chi connectivity index (χ1) is 11.1. The van der Waals surface area contributed by atoms with E-state index in [4.69, 9.17) is 9.15 Å². The molecule has 23 heavy (non-hydrogen) atoms. The van der Waals surface area contributed by atoms with Gasteiger partial charge in [-0.15, -0.1) is 11.3 Å². The summed E-state index contributed by atoms with van der Waals surface area (Å²) >= 11 is 1.47. The highest BCUT2D eigenvalue weighted by Gasteiger charge is 2.19. The van der Waals surface area contributed by atoms with Crippen molar-refractivity contribution in [1.29, 1.82) is 0 Å². The lowest BCUT2D eigenvalue weighted by atomic mass is 10.1. The number of rotatable bonds is 4. The first-order valence-electron chi connectivity index (χ1n) is 7.57. The maximum Gasteiger partial charge on any atom is 0.351 e. The monoisotopic (exact) mass is 337 g/mol. The number of carbonyl (C=O) groups is 1. The molecule has 2 aromatic rings. The van der Waals surface area contributed by atoms with Crippen molar-refractivity contribution < 1.29 is 18.7 Å². The van der Waals surface area contributed by atoms with Crippen LogP contribution < -0.4 is 10.5 Å². The first-order valence-corrected chi connectivity index (χ1v) is 8.39. The van der Waals surface area contributed by atoms with Crippen LogP contribution in [0.4, 0.5) is 5.00 Å². The van der Waals surface area contributed by atoms with Crippen LogP contribution in [-0.4, -0.2) is 39.4 Å². The molecule has 0 saturated carbocycles. The fraction of sp³-hybridized carbons (Fsp3) is 0.500. The van der Waals surface area contributed by atoms with Crippen LogP contribution in [0.15, 0.2) is 21.3 Å². The molecular weight excluding hydrogens is 318 g/mol. The van der Waals surface area contributed by atoms with Gasteiger partial charge in [0.1, 0.15) is 5.56 Å². The lowest BCUT2D eigenvalue weighted by Crippen LogP contribution is -2.32. The van der Waals surface area contributed by atoms with Crippen LogP contribution in [0.5, 0.6) is 0 Å². The molecule has 124 valence electrons. The topological polar surface area (TPSA) is 69.0 Å². The molecule has 1 fully saturated rings. The summed E-state index contributed by atoms with van der Waals surface area (Å²) in [6.45, 7) is 1.61. The molecule has 1 aliphatic heterocycles. The largest absolute Gasteiger partial charge is 0.465 e. The van der Waals surface area contributed by atoms with E-state index in [1.54, 1.807) is 0 Å². The fourth-order valence-corrected chi connectivity index (χ4v) is 3.69. The van der Waals surface area contributed by atoms with Crippen LogP contribution in [-0.2, 0) is 9.47 Å². The first kappa shape index (κ1) is 16.0. The number of ether oxygens (including phenoxy) is 2. The Morgan fingerprint density at radius 1 is 1.43 bits per heavy atom. The summed E-state index contributed by atoms with van der Waals surface area (Å²) in [5.74, 6) is -0.681. The lowest BCUT2D eigenvalue weighted by Gasteiger charge is -2.27.